The third-order valence-electron chi connectivity index (χ3n) is 2.47. The molecule has 0 unspecified atom stereocenters. The van der Waals surface area contributed by atoms with Gasteiger partial charge in [-0.1, -0.05) is 23.2 Å². The highest BCUT2D eigenvalue weighted by atomic mass is 35.5. The van der Waals surface area contributed by atoms with Gasteiger partial charge in [0.1, 0.15) is 0 Å². The molecule has 0 aliphatic rings. The minimum absolute atomic E-state index is 0.0190. The van der Waals surface area contributed by atoms with E-state index in [2.05, 4.69) is 10.1 Å². The number of amides is 1. The highest BCUT2D eigenvalue weighted by molar-refractivity contribution is 6.39. The van der Waals surface area contributed by atoms with Crippen LogP contribution in [0.3, 0.4) is 0 Å². The number of hydrogen-bond acceptors (Lipinski definition) is 5. The number of benzene rings is 1. The van der Waals surface area contributed by atoms with E-state index in [1.165, 1.54) is 26.4 Å². The van der Waals surface area contributed by atoms with E-state index in [1.54, 1.807) is 0 Å². The first-order chi connectivity index (χ1) is 9.40. The summed E-state index contributed by atoms with van der Waals surface area (Å²) >= 11 is 11.7. The maximum atomic E-state index is 12.0. The summed E-state index contributed by atoms with van der Waals surface area (Å²) in [5.41, 5.74) is 5.95. The predicted octanol–water partition coefficient (Wildman–Crippen LogP) is 1.49. The topological polar surface area (TPSA) is 90.6 Å². The standard InChI is InChI=1S/C12H14Cl2N2O4/c1-19-5-9(12(18)20-2)16-11(17)6-3-7(13)10(15)8(14)4-6/h3-4,9H,5,15H2,1-2H3,(H,16,17)/t9-/m1/s1. The summed E-state index contributed by atoms with van der Waals surface area (Å²) in [5.74, 6) is -1.16. The fourth-order valence-electron chi connectivity index (χ4n) is 1.43. The van der Waals surface area contributed by atoms with Crippen LogP contribution in [-0.4, -0.2) is 38.7 Å². The molecule has 110 valence electrons. The number of hydrogen-bond donors (Lipinski definition) is 2. The number of carbonyl (C=O) groups excluding carboxylic acids is 2. The highest BCUT2D eigenvalue weighted by Crippen LogP contribution is 2.28. The van der Waals surface area contributed by atoms with Crippen LogP contribution < -0.4 is 11.1 Å². The molecule has 1 aromatic rings. The molecule has 0 saturated heterocycles. The normalized spacial score (nSPS) is 11.8. The van der Waals surface area contributed by atoms with Crippen LogP contribution in [0, 0.1) is 0 Å². The van der Waals surface area contributed by atoms with E-state index in [0.29, 0.717) is 0 Å². The van der Waals surface area contributed by atoms with Crippen molar-refractivity contribution in [2.45, 2.75) is 6.04 Å². The molecule has 0 aliphatic heterocycles. The average molecular weight is 321 g/mol. The van der Waals surface area contributed by atoms with Gasteiger partial charge in [0.25, 0.3) is 5.91 Å². The lowest BCUT2D eigenvalue weighted by atomic mass is 10.1. The lowest BCUT2D eigenvalue weighted by Crippen LogP contribution is -2.44. The van der Waals surface area contributed by atoms with Crippen molar-refractivity contribution >= 4 is 40.8 Å². The van der Waals surface area contributed by atoms with Crippen molar-refractivity contribution in [3.05, 3.63) is 27.7 Å². The Bertz CT molecular complexity index is 499. The average Bonchev–Trinajstić information content (AvgIpc) is 2.42. The van der Waals surface area contributed by atoms with Gasteiger partial charge in [-0.25, -0.2) is 4.79 Å². The number of ether oxygens (including phenoxy) is 2. The minimum atomic E-state index is -0.924. The Kier molecular flexibility index (Phi) is 6.06. The molecule has 0 radical (unpaired) electrons. The molecule has 0 spiro atoms. The number of esters is 1. The van der Waals surface area contributed by atoms with Crippen molar-refractivity contribution in [3.8, 4) is 0 Å². The number of nitrogen functional groups attached to an aromatic ring is 1. The lowest BCUT2D eigenvalue weighted by molar-refractivity contribution is -0.144. The van der Waals surface area contributed by atoms with Crippen LogP contribution in [0.1, 0.15) is 10.4 Å². The van der Waals surface area contributed by atoms with Crippen molar-refractivity contribution in [1.82, 2.24) is 5.32 Å². The SMILES string of the molecule is COC[C@@H](NC(=O)c1cc(Cl)c(N)c(Cl)c1)C(=O)OC. The van der Waals surface area contributed by atoms with Gasteiger partial charge in [-0.3, -0.25) is 4.79 Å². The first kappa shape index (κ1) is 16.6. The molecular formula is C12H14Cl2N2O4. The van der Waals surface area contributed by atoms with Gasteiger partial charge in [-0.05, 0) is 12.1 Å². The summed E-state index contributed by atoms with van der Waals surface area (Å²) in [6.07, 6.45) is 0. The number of nitrogens with two attached hydrogens (primary N) is 1. The second-order valence-corrected chi connectivity index (χ2v) is 4.67. The summed E-state index contributed by atoms with van der Waals surface area (Å²) < 4.78 is 9.41. The first-order valence-corrected chi connectivity index (χ1v) is 6.28. The summed E-state index contributed by atoms with van der Waals surface area (Å²) in [5, 5.41) is 2.78. The molecule has 1 amide bonds. The monoisotopic (exact) mass is 320 g/mol. The number of anilines is 1. The molecule has 20 heavy (non-hydrogen) atoms. The lowest BCUT2D eigenvalue weighted by Gasteiger charge is -2.16. The van der Waals surface area contributed by atoms with Gasteiger partial charge in [0, 0.05) is 12.7 Å². The zero-order chi connectivity index (χ0) is 15.3. The van der Waals surface area contributed by atoms with Crippen LogP contribution in [-0.2, 0) is 14.3 Å². The van der Waals surface area contributed by atoms with Gasteiger partial charge in [0.2, 0.25) is 0 Å². The summed E-state index contributed by atoms with van der Waals surface area (Å²) in [4.78, 5) is 23.5. The third-order valence-corrected chi connectivity index (χ3v) is 3.09. The molecular weight excluding hydrogens is 307 g/mol. The van der Waals surface area contributed by atoms with Crippen molar-refractivity contribution < 1.29 is 19.1 Å². The molecule has 1 rings (SSSR count). The predicted molar refractivity (Wildman–Crippen MR) is 76.0 cm³/mol. The fraction of sp³-hybridized carbons (Fsp3) is 0.333. The molecule has 0 heterocycles. The third kappa shape index (κ3) is 4.00. The Balaban J connectivity index is 2.91. The molecule has 1 atom stereocenters. The van der Waals surface area contributed by atoms with Crippen molar-refractivity contribution in [2.75, 3.05) is 26.6 Å². The zero-order valence-electron chi connectivity index (χ0n) is 10.9. The Hall–Kier alpha value is -1.50. The van der Waals surface area contributed by atoms with Gasteiger partial charge in [-0.15, -0.1) is 0 Å². The summed E-state index contributed by atoms with van der Waals surface area (Å²) in [6.45, 7) is -0.0190. The van der Waals surface area contributed by atoms with Crippen LogP contribution >= 0.6 is 23.2 Å². The van der Waals surface area contributed by atoms with Crippen LogP contribution in [0.2, 0.25) is 10.0 Å². The Labute approximate surface area is 126 Å². The van der Waals surface area contributed by atoms with Gasteiger partial charge in [0.15, 0.2) is 6.04 Å². The fourth-order valence-corrected chi connectivity index (χ4v) is 1.92. The maximum Gasteiger partial charge on any atom is 0.330 e. The van der Waals surface area contributed by atoms with Crippen LogP contribution in [0.25, 0.3) is 0 Å². The van der Waals surface area contributed by atoms with E-state index in [-0.39, 0.29) is 27.9 Å². The smallest absolute Gasteiger partial charge is 0.330 e. The second-order valence-electron chi connectivity index (χ2n) is 3.86. The number of nitrogens with one attached hydrogen (secondary N) is 1. The zero-order valence-corrected chi connectivity index (χ0v) is 12.4. The van der Waals surface area contributed by atoms with E-state index in [4.69, 9.17) is 33.7 Å². The van der Waals surface area contributed by atoms with Crippen molar-refractivity contribution in [1.29, 1.82) is 0 Å². The first-order valence-electron chi connectivity index (χ1n) is 5.52. The quantitative estimate of drug-likeness (QED) is 0.633. The van der Waals surface area contributed by atoms with E-state index in [9.17, 15) is 9.59 Å². The van der Waals surface area contributed by atoms with E-state index < -0.39 is 17.9 Å². The number of carbonyl (C=O) groups is 2. The summed E-state index contributed by atoms with van der Waals surface area (Å²) in [7, 11) is 2.62. The van der Waals surface area contributed by atoms with E-state index in [0.717, 1.165) is 0 Å². The Morgan fingerprint density at radius 1 is 1.30 bits per heavy atom. The molecule has 0 bridgehead atoms. The second kappa shape index (κ2) is 7.33. The molecule has 6 nitrogen and oxygen atoms in total. The van der Waals surface area contributed by atoms with Crippen molar-refractivity contribution in [2.24, 2.45) is 0 Å². The molecule has 3 N–H and O–H groups in total. The van der Waals surface area contributed by atoms with Gasteiger partial charge in [-0.2, -0.15) is 0 Å². The maximum absolute atomic E-state index is 12.0. The van der Waals surface area contributed by atoms with E-state index in [1.807, 2.05) is 0 Å². The molecule has 0 aromatic heterocycles. The van der Waals surface area contributed by atoms with Crippen LogP contribution in [0.5, 0.6) is 0 Å². The van der Waals surface area contributed by atoms with Crippen LogP contribution in [0.15, 0.2) is 12.1 Å². The summed E-state index contributed by atoms with van der Waals surface area (Å²) in [6, 6.07) is 1.80. The van der Waals surface area contributed by atoms with E-state index >= 15 is 0 Å². The van der Waals surface area contributed by atoms with Crippen LogP contribution in [0.4, 0.5) is 5.69 Å². The molecule has 0 aliphatic carbocycles. The number of halogens is 2. The van der Waals surface area contributed by atoms with Gasteiger partial charge in [0.05, 0.1) is 29.4 Å². The van der Waals surface area contributed by atoms with Gasteiger partial charge < -0.3 is 20.5 Å². The number of rotatable bonds is 5. The van der Waals surface area contributed by atoms with Crippen molar-refractivity contribution in [3.63, 3.8) is 0 Å². The Morgan fingerprint density at radius 2 is 1.85 bits per heavy atom. The largest absolute Gasteiger partial charge is 0.467 e. The van der Waals surface area contributed by atoms with Gasteiger partial charge >= 0.3 is 5.97 Å². The molecule has 0 fully saturated rings. The molecule has 0 saturated carbocycles. The highest BCUT2D eigenvalue weighted by Gasteiger charge is 2.22. The Morgan fingerprint density at radius 3 is 2.30 bits per heavy atom. The molecule has 8 heteroatoms. The minimum Gasteiger partial charge on any atom is -0.467 e. The number of methoxy groups -OCH3 is 2. The molecule has 1 aromatic carbocycles.